The van der Waals surface area contributed by atoms with Crippen molar-refractivity contribution in [3.63, 3.8) is 0 Å². The van der Waals surface area contributed by atoms with Gasteiger partial charge in [0.05, 0.1) is 0 Å². The minimum absolute atomic E-state index is 0.220. The predicted octanol–water partition coefficient (Wildman–Crippen LogP) is 1.14. The first-order valence-electron chi connectivity index (χ1n) is 5.65. The first-order chi connectivity index (χ1) is 7.75. The van der Waals surface area contributed by atoms with Gasteiger partial charge in [-0.3, -0.25) is 0 Å². The van der Waals surface area contributed by atoms with E-state index in [0.717, 1.165) is 30.3 Å². The maximum absolute atomic E-state index is 4.67. The molecule has 1 aliphatic rings. The number of hydrogen-bond donors (Lipinski definition) is 1. The highest BCUT2D eigenvalue weighted by molar-refractivity contribution is 7.16. The van der Waals surface area contributed by atoms with Crippen molar-refractivity contribution in [3.8, 4) is 0 Å². The Bertz CT molecular complexity index is 508. The van der Waals surface area contributed by atoms with Gasteiger partial charge in [-0.05, 0) is 26.3 Å². The van der Waals surface area contributed by atoms with Crippen LogP contribution in [-0.4, -0.2) is 32.9 Å². The second-order valence-electron chi connectivity index (χ2n) is 4.41. The third-order valence-electron chi connectivity index (χ3n) is 3.52. The van der Waals surface area contributed by atoms with Crippen LogP contribution in [0.4, 0.5) is 0 Å². The molecule has 3 rings (SSSR count). The van der Waals surface area contributed by atoms with Crippen LogP contribution in [0.5, 0.6) is 0 Å². The Labute approximate surface area is 97.9 Å². The lowest BCUT2D eigenvalue weighted by Crippen LogP contribution is -2.28. The van der Waals surface area contributed by atoms with Crippen LogP contribution in [0.3, 0.4) is 0 Å². The molecule has 0 saturated carbocycles. The lowest BCUT2D eigenvalue weighted by atomic mass is 9.85. The maximum atomic E-state index is 4.67. The van der Waals surface area contributed by atoms with Crippen molar-refractivity contribution in [2.75, 3.05) is 13.1 Å². The van der Waals surface area contributed by atoms with E-state index < -0.39 is 0 Å². The molecule has 0 amide bonds. The van der Waals surface area contributed by atoms with Crippen molar-refractivity contribution >= 4 is 16.3 Å². The third-order valence-corrected chi connectivity index (χ3v) is 4.67. The summed E-state index contributed by atoms with van der Waals surface area (Å²) >= 11 is 1.68. The maximum Gasteiger partial charge on any atom is 0.234 e. The molecule has 0 bridgehead atoms. The van der Waals surface area contributed by atoms with Gasteiger partial charge >= 0.3 is 0 Å². The Morgan fingerprint density at radius 3 is 3.00 bits per heavy atom. The topological polar surface area (TPSA) is 55.1 Å². The van der Waals surface area contributed by atoms with Crippen LogP contribution in [0.2, 0.25) is 0 Å². The highest BCUT2D eigenvalue weighted by atomic mass is 32.1. The number of aromatic nitrogens is 4. The molecule has 1 unspecified atom stereocenters. The molecule has 0 spiro atoms. The molecule has 1 N–H and O–H groups in total. The Balaban J connectivity index is 2.10. The van der Waals surface area contributed by atoms with Gasteiger partial charge in [0.2, 0.25) is 4.96 Å². The van der Waals surface area contributed by atoms with Crippen molar-refractivity contribution in [1.29, 1.82) is 0 Å². The zero-order valence-electron chi connectivity index (χ0n) is 9.53. The van der Waals surface area contributed by atoms with Gasteiger partial charge in [-0.25, -0.2) is 0 Å². The van der Waals surface area contributed by atoms with Gasteiger partial charge in [0.15, 0.2) is 5.82 Å². The highest BCUT2D eigenvalue weighted by Gasteiger charge is 2.37. The molecule has 6 heteroatoms. The molecule has 5 nitrogen and oxygen atoms in total. The Morgan fingerprint density at radius 2 is 2.38 bits per heavy atom. The minimum Gasteiger partial charge on any atom is -0.316 e. The molecule has 2 aromatic rings. The normalized spacial score (nSPS) is 25.6. The summed E-state index contributed by atoms with van der Waals surface area (Å²) < 4.78 is 1.86. The van der Waals surface area contributed by atoms with Crippen molar-refractivity contribution in [2.45, 2.75) is 32.1 Å². The van der Waals surface area contributed by atoms with Gasteiger partial charge in [-0.2, -0.15) is 9.61 Å². The molecule has 0 aliphatic carbocycles. The number of nitrogens with zero attached hydrogens (tertiary/aromatic N) is 4. The zero-order valence-corrected chi connectivity index (χ0v) is 10.3. The molecule has 1 atom stereocenters. The molecule has 3 heterocycles. The smallest absolute Gasteiger partial charge is 0.234 e. The van der Waals surface area contributed by atoms with Crippen molar-refractivity contribution in [1.82, 2.24) is 25.1 Å². The van der Waals surface area contributed by atoms with E-state index in [-0.39, 0.29) is 5.41 Å². The van der Waals surface area contributed by atoms with Gasteiger partial charge in [0.1, 0.15) is 5.01 Å². The van der Waals surface area contributed by atoms with Crippen LogP contribution in [-0.2, 0) is 5.41 Å². The Morgan fingerprint density at radius 1 is 1.50 bits per heavy atom. The first kappa shape index (κ1) is 10.2. The van der Waals surface area contributed by atoms with E-state index in [2.05, 4.69) is 27.5 Å². The third kappa shape index (κ3) is 1.29. The zero-order chi connectivity index (χ0) is 11.2. The van der Waals surface area contributed by atoms with Gasteiger partial charge in [-0.15, -0.1) is 10.2 Å². The van der Waals surface area contributed by atoms with Crippen molar-refractivity contribution in [2.24, 2.45) is 0 Å². The number of hydrogen-bond acceptors (Lipinski definition) is 5. The first-order valence-corrected chi connectivity index (χ1v) is 6.47. The van der Waals surface area contributed by atoms with Gasteiger partial charge in [-0.1, -0.05) is 18.3 Å². The standard InChI is InChI=1S/C10H15N5S/c1-3-10(4-5-11-6-10)8-14-15-7(2)12-13-9(15)16-8/h11H,3-6H2,1-2H3. The van der Waals surface area contributed by atoms with Crippen LogP contribution in [0, 0.1) is 6.92 Å². The Kier molecular flexibility index (Phi) is 2.22. The van der Waals surface area contributed by atoms with Crippen LogP contribution < -0.4 is 5.32 Å². The van der Waals surface area contributed by atoms with Crippen LogP contribution in [0.1, 0.15) is 30.6 Å². The summed E-state index contributed by atoms with van der Waals surface area (Å²) in [4.78, 5) is 0.909. The fourth-order valence-corrected chi connectivity index (χ4v) is 3.48. The molecular formula is C10H15N5S. The number of aryl methyl sites for hydroxylation is 1. The summed E-state index contributed by atoms with van der Waals surface area (Å²) in [7, 11) is 0. The molecule has 1 aliphatic heterocycles. The van der Waals surface area contributed by atoms with E-state index in [4.69, 9.17) is 0 Å². The summed E-state index contributed by atoms with van der Waals surface area (Å²) in [5.41, 5.74) is 0.220. The average molecular weight is 237 g/mol. The number of nitrogens with one attached hydrogen (secondary N) is 1. The van der Waals surface area contributed by atoms with E-state index in [1.54, 1.807) is 11.3 Å². The quantitative estimate of drug-likeness (QED) is 0.851. The number of fused-ring (bicyclic) bond motifs is 1. The van der Waals surface area contributed by atoms with Crippen LogP contribution >= 0.6 is 11.3 Å². The lowest BCUT2D eigenvalue weighted by molar-refractivity contribution is 0.445. The van der Waals surface area contributed by atoms with E-state index in [1.165, 1.54) is 11.4 Å². The second kappa shape index (κ2) is 3.49. The predicted molar refractivity (Wildman–Crippen MR) is 62.9 cm³/mol. The van der Waals surface area contributed by atoms with Crippen molar-refractivity contribution < 1.29 is 0 Å². The fraction of sp³-hybridized carbons (Fsp3) is 0.700. The highest BCUT2D eigenvalue weighted by Crippen LogP contribution is 2.36. The summed E-state index contributed by atoms with van der Waals surface area (Å²) in [6.45, 7) is 6.30. The van der Waals surface area contributed by atoms with Gasteiger partial charge < -0.3 is 5.32 Å². The molecule has 1 fully saturated rings. The Hall–Kier alpha value is -1.01. The van der Waals surface area contributed by atoms with E-state index in [0.29, 0.717) is 0 Å². The van der Waals surface area contributed by atoms with E-state index in [9.17, 15) is 0 Å². The summed E-state index contributed by atoms with van der Waals surface area (Å²) in [5, 5.41) is 17.4. The molecule has 86 valence electrons. The molecule has 0 aromatic carbocycles. The fourth-order valence-electron chi connectivity index (χ4n) is 2.31. The molecule has 1 saturated heterocycles. The largest absolute Gasteiger partial charge is 0.316 e. The minimum atomic E-state index is 0.220. The number of rotatable bonds is 2. The summed E-state index contributed by atoms with van der Waals surface area (Å²) in [5.74, 6) is 0.870. The SMILES string of the molecule is CCC1(c2nn3c(C)nnc3s2)CCNC1. The van der Waals surface area contributed by atoms with Crippen LogP contribution in [0.25, 0.3) is 4.96 Å². The molecule has 0 radical (unpaired) electrons. The average Bonchev–Trinajstić information content (AvgIpc) is 2.96. The van der Waals surface area contributed by atoms with Gasteiger partial charge in [0, 0.05) is 12.0 Å². The van der Waals surface area contributed by atoms with Gasteiger partial charge in [0.25, 0.3) is 0 Å². The summed E-state index contributed by atoms with van der Waals surface area (Å²) in [6.07, 6.45) is 2.30. The molecular weight excluding hydrogens is 222 g/mol. The lowest BCUT2D eigenvalue weighted by Gasteiger charge is -2.22. The molecule has 16 heavy (non-hydrogen) atoms. The second-order valence-corrected chi connectivity index (χ2v) is 5.37. The van der Waals surface area contributed by atoms with E-state index >= 15 is 0 Å². The van der Waals surface area contributed by atoms with Crippen LogP contribution in [0.15, 0.2) is 0 Å². The van der Waals surface area contributed by atoms with E-state index in [1.807, 2.05) is 11.4 Å². The van der Waals surface area contributed by atoms with Crippen molar-refractivity contribution in [3.05, 3.63) is 10.8 Å². The monoisotopic (exact) mass is 237 g/mol. The summed E-state index contributed by atoms with van der Waals surface area (Å²) in [6, 6.07) is 0. The molecule has 2 aromatic heterocycles.